The van der Waals surface area contributed by atoms with Gasteiger partial charge in [-0.15, -0.1) is 0 Å². The summed E-state index contributed by atoms with van der Waals surface area (Å²) >= 11 is 6.08. The normalized spacial score (nSPS) is 14.1. The first-order chi connectivity index (χ1) is 14.1. The topological polar surface area (TPSA) is 58.2 Å². The lowest BCUT2D eigenvalue weighted by atomic mass is 9.94. The third kappa shape index (κ3) is 4.17. The molecule has 1 fully saturated rings. The molecule has 1 saturated carbocycles. The van der Waals surface area contributed by atoms with Gasteiger partial charge in [0, 0.05) is 12.2 Å². The molecule has 5 heteroatoms. The van der Waals surface area contributed by atoms with Gasteiger partial charge < -0.3 is 10.6 Å². The van der Waals surface area contributed by atoms with Crippen LogP contribution < -0.4 is 10.6 Å². The van der Waals surface area contributed by atoms with E-state index in [9.17, 15) is 9.59 Å². The Bertz CT molecular complexity index is 1030. The Morgan fingerprint density at radius 3 is 2.17 bits per heavy atom. The van der Waals surface area contributed by atoms with Crippen LogP contribution in [0.2, 0.25) is 5.02 Å². The van der Waals surface area contributed by atoms with Gasteiger partial charge in [0.15, 0.2) is 0 Å². The molecule has 0 bridgehead atoms. The van der Waals surface area contributed by atoms with Gasteiger partial charge in [-0.2, -0.15) is 0 Å². The smallest absolute Gasteiger partial charge is 0.257 e. The van der Waals surface area contributed by atoms with E-state index in [0.29, 0.717) is 22.8 Å². The fourth-order valence-corrected chi connectivity index (χ4v) is 3.66. The second kappa shape index (κ2) is 8.10. The van der Waals surface area contributed by atoms with Crippen molar-refractivity contribution in [1.29, 1.82) is 0 Å². The van der Waals surface area contributed by atoms with Crippen LogP contribution >= 0.6 is 11.6 Å². The summed E-state index contributed by atoms with van der Waals surface area (Å²) in [5.74, 6) is -0.209. The van der Waals surface area contributed by atoms with Crippen LogP contribution in [0.15, 0.2) is 78.9 Å². The first kappa shape index (κ1) is 19.2. The van der Waals surface area contributed by atoms with Gasteiger partial charge in [-0.1, -0.05) is 66.2 Å². The number of amides is 2. The lowest BCUT2D eigenvalue weighted by molar-refractivity contribution is -0.123. The molecule has 0 heterocycles. The van der Waals surface area contributed by atoms with Crippen molar-refractivity contribution >= 4 is 29.1 Å². The summed E-state index contributed by atoms with van der Waals surface area (Å²) in [4.78, 5) is 25.2. The second-order valence-electron chi connectivity index (χ2n) is 7.26. The minimum Gasteiger partial charge on any atom is -0.351 e. The zero-order valence-corrected chi connectivity index (χ0v) is 16.6. The number of rotatable bonds is 6. The van der Waals surface area contributed by atoms with Crippen LogP contribution in [-0.2, 0) is 16.8 Å². The van der Waals surface area contributed by atoms with Gasteiger partial charge >= 0.3 is 0 Å². The predicted octanol–water partition coefficient (Wildman–Crippen LogP) is 4.94. The molecule has 146 valence electrons. The van der Waals surface area contributed by atoms with Crippen molar-refractivity contribution in [3.63, 3.8) is 0 Å². The second-order valence-corrected chi connectivity index (χ2v) is 7.67. The van der Waals surface area contributed by atoms with E-state index in [2.05, 4.69) is 10.6 Å². The summed E-state index contributed by atoms with van der Waals surface area (Å²) in [7, 11) is 0. The summed E-state index contributed by atoms with van der Waals surface area (Å²) in [6.45, 7) is 0.521. The lowest BCUT2D eigenvalue weighted by Gasteiger charge is -2.16. The van der Waals surface area contributed by atoms with Crippen LogP contribution in [0, 0.1) is 0 Å². The minimum absolute atomic E-state index is 0.0502. The third-order valence-corrected chi connectivity index (χ3v) is 5.62. The molecule has 4 nitrogen and oxygen atoms in total. The third-order valence-electron chi connectivity index (χ3n) is 5.29. The molecule has 1 aliphatic carbocycles. The van der Waals surface area contributed by atoms with E-state index in [0.717, 1.165) is 24.0 Å². The molecular weight excluding hydrogens is 384 g/mol. The summed E-state index contributed by atoms with van der Waals surface area (Å²) in [5, 5.41) is 6.31. The SMILES string of the molecule is O=C(Nc1ccc(C2(C(=O)NCc3ccccc3)CC2)cc1)c1ccccc1Cl. The zero-order valence-electron chi connectivity index (χ0n) is 15.8. The van der Waals surface area contributed by atoms with Crippen LogP contribution in [0.3, 0.4) is 0 Å². The Labute approximate surface area is 174 Å². The van der Waals surface area contributed by atoms with Gasteiger partial charge in [0.05, 0.1) is 16.0 Å². The van der Waals surface area contributed by atoms with E-state index in [1.54, 1.807) is 24.3 Å². The van der Waals surface area contributed by atoms with Gasteiger partial charge in [0.1, 0.15) is 0 Å². The van der Waals surface area contributed by atoms with E-state index in [4.69, 9.17) is 11.6 Å². The maximum Gasteiger partial charge on any atom is 0.257 e. The molecule has 0 aromatic heterocycles. The highest BCUT2D eigenvalue weighted by Gasteiger charge is 2.51. The Hall–Kier alpha value is -3.11. The summed E-state index contributed by atoms with van der Waals surface area (Å²) in [5.41, 5.74) is 2.68. The first-order valence-electron chi connectivity index (χ1n) is 9.57. The van der Waals surface area contributed by atoms with E-state index in [-0.39, 0.29) is 11.8 Å². The maximum absolute atomic E-state index is 12.8. The fourth-order valence-electron chi connectivity index (χ4n) is 3.44. The molecule has 0 radical (unpaired) electrons. The molecule has 0 atom stereocenters. The van der Waals surface area contributed by atoms with Crippen LogP contribution in [-0.4, -0.2) is 11.8 Å². The van der Waals surface area contributed by atoms with Gasteiger partial charge in [0.2, 0.25) is 5.91 Å². The lowest BCUT2D eigenvalue weighted by Crippen LogP contribution is -2.34. The number of benzene rings is 3. The van der Waals surface area contributed by atoms with Crippen molar-refractivity contribution in [2.45, 2.75) is 24.8 Å². The molecule has 1 aliphatic rings. The van der Waals surface area contributed by atoms with Crippen LogP contribution in [0.5, 0.6) is 0 Å². The van der Waals surface area contributed by atoms with Crippen LogP contribution in [0.25, 0.3) is 0 Å². The van der Waals surface area contributed by atoms with Gasteiger partial charge in [-0.3, -0.25) is 9.59 Å². The minimum atomic E-state index is -0.458. The molecule has 2 N–H and O–H groups in total. The quantitative estimate of drug-likeness (QED) is 0.611. The summed E-state index contributed by atoms with van der Waals surface area (Å²) in [6.07, 6.45) is 1.66. The average molecular weight is 405 g/mol. The van der Waals surface area contributed by atoms with Crippen LogP contribution in [0.1, 0.15) is 34.3 Å². The number of hydrogen-bond donors (Lipinski definition) is 2. The monoisotopic (exact) mass is 404 g/mol. The van der Waals surface area contributed by atoms with Crippen molar-refractivity contribution in [1.82, 2.24) is 5.32 Å². The Balaban J connectivity index is 1.41. The van der Waals surface area contributed by atoms with Crippen LogP contribution in [0.4, 0.5) is 5.69 Å². The number of nitrogens with one attached hydrogen (secondary N) is 2. The standard InChI is InChI=1S/C24H21ClN2O2/c25-21-9-5-4-8-20(21)22(28)27-19-12-10-18(11-13-19)24(14-15-24)23(29)26-16-17-6-2-1-3-7-17/h1-13H,14-16H2,(H,26,29)(H,27,28). The molecule has 0 aliphatic heterocycles. The van der Waals surface area contributed by atoms with Crippen molar-refractivity contribution in [2.75, 3.05) is 5.32 Å². The van der Waals surface area contributed by atoms with E-state index >= 15 is 0 Å². The number of anilines is 1. The number of carbonyl (C=O) groups excluding carboxylic acids is 2. The number of carbonyl (C=O) groups is 2. The molecule has 0 unspecified atom stereocenters. The van der Waals surface area contributed by atoms with Crippen molar-refractivity contribution in [2.24, 2.45) is 0 Å². The largest absolute Gasteiger partial charge is 0.351 e. The maximum atomic E-state index is 12.8. The first-order valence-corrected chi connectivity index (χ1v) is 9.95. The van der Waals surface area contributed by atoms with Gasteiger partial charge in [0.25, 0.3) is 5.91 Å². The number of halogens is 1. The zero-order chi connectivity index (χ0) is 20.3. The van der Waals surface area contributed by atoms with Crippen molar-refractivity contribution < 1.29 is 9.59 Å². The molecule has 29 heavy (non-hydrogen) atoms. The highest BCUT2D eigenvalue weighted by Crippen LogP contribution is 2.48. The van der Waals surface area contributed by atoms with Crippen molar-refractivity contribution in [3.8, 4) is 0 Å². The summed E-state index contributed by atoms with van der Waals surface area (Å²) in [6, 6.07) is 24.3. The number of hydrogen-bond acceptors (Lipinski definition) is 2. The highest BCUT2D eigenvalue weighted by atomic mass is 35.5. The molecule has 0 spiro atoms. The Morgan fingerprint density at radius 1 is 0.862 bits per heavy atom. The molecule has 0 saturated heterocycles. The van der Waals surface area contributed by atoms with E-state index in [1.165, 1.54) is 0 Å². The van der Waals surface area contributed by atoms with E-state index in [1.807, 2.05) is 54.6 Å². The molecule has 4 rings (SSSR count). The average Bonchev–Trinajstić information content (AvgIpc) is 3.56. The molecule has 3 aromatic rings. The highest BCUT2D eigenvalue weighted by molar-refractivity contribution is 6.34. The molecule has 2 amide bonds. The molecular formula is C24H21ClN2O2. The van der Waals surface area contributed by atoms with E-state index < -0.39 is 5.41 Å². The predicted molar refractivity (Wildman–Crippen MR) is 115 cm³/mol. The fraction of sp³-hybridized carbons (Fsp3) is 0.167. The van der Waals surface area contributed by atoms with Gasteiger partial charge in [-0.25, -0.2) is 0 Å². The Kier molecular flexibility index (Phi) is 5.36. The van der Waals surface area contributed by atoms with Gasteiger partial charge in [-0.05, 0) is 48.2 Å². The molecule has 3 aromatic carbocycles. The Morgan fingerprint density at radius 2 is 1.52 bits per heavy atom. The van der Waals surface area contributed by atoms with Crippen molar-refractivity contribution in [3.05, 3.63) is 101 Å². The summed E-state index contributed by atoms with van der Waals surface area (Å²) < 4.78 is 0.